The van der Waals surface area contributed by atoms with Crippen molar-refractivity contribution in [2.45, 2.75) is 18.7 Å². The minimum absolute atomic E-state index is 0.00946. The van der Waals surface area contributed by atoms with Gasteiger partial charge in [-0.1, -0.05) is 0 Å². The van der Waals surface area contributed by atoms with Crippen molar-refractivity contribution in [3.8, 4) is 5.75 Å². The number of carbonyl (C=O) groups is 1. The molecule has 0 aliphatic carbocycles. The van der Waals surface area contributed by atoms with E-state index in [4.69, 9.17) is 9.47 Å². The van der Waals surface area contributed by atoms with Crippen LogP contribution in [0.5, 0.6) is 5.75 Å². The molecule has 0 saturated heterocycles. The van der Waals surface area contributed by atoms with Gasteiger partial charge in [0.15, 0.2) is 0 Å². The summed E-state index contributed by atoms with van der Waals surface area (Å²) in [5.41, 5.74) is 1.20. The number of sulfonamides is 1. The number of carbonyl (C=O) groups excluding carboxylic acids is 1. The van der Waals surface area contributed by atoms with Crippen molar-refractivity contribution in [2.75, 3.05) is 40.5 Å². The van der Waals surface area contributed by atoms with Crippen molar-refractivity contribution in [2.24, 2.45) is 0 Å². The van der Waals surface area contributed by atoms with Crippen molar-refractivity contribution in [3.05, 3.63) is 23.3 Å². The first-order valence-corrected chi connectivity index (χ1v) is 8.53. The van der Waals surface area contributed by atoms with Gasteiger partial charge < -0.3 is 14.2 Å². The molecule has 0 heterocycles. The molecular formula is C15H23NO6S. The lowest BCUT2D eigenvalue weighted by Gasteiger charge is -2.20. The molecule has 0 unspecified atom stereocenters. The molecule has 0 amide bonds. The minimum atomic E-state index is -3.67. The first-order valence-electron chi connectivity index (χ1n) is 7.09. The second-order valence-corrected chi connectivity index (χ2v) is 7.00. The van der Waals surface area contributed by atoms with E-state index < -0.39 is 10.0 Å². The van der Waals surface area contributed by atoms with E-state index in [1.165, 1.54) is 7.05 Å². The molecule has 130 valence electrons. The Labute approximate surface area is 137 Å². The Bertz CT molecular complexity index is 606. The summed E-state index contributed by atoms with van der Waals surface area (Å²) in [6.07, 6.45) is 0. The molecule has 7 nitrogen and oxygen atoms in total. The van der Waals surface area contributed by atoms with Crippen molar-refractivity contribution >= 4 is 16.5 Å². The molecule has 0 radical (unpaired) electrons. The maximum absolute atomic E-state index is 12.7. The van der Waals surface area contributed by atoms with Crippen LogP contribution < -0.4 is 4.74 Å². The number of hydrogen-bond donors (Lipinski definition) is 0. The second-order valence-electron chi connectivity index (χ2n) is 5.02. The molecular weight excluding hydrogens is 322 g/mol. The van der Waals surface area contributed by atoms with Gasteiger partial charge in [-0.15, -0.1) is 0 Å². The summed E-state index contributed by atoms with van der Waals surface area (Å²) in [7, 11) is -0.633. The van der Waals surface area contributed by atoms with E-state index in [0.29, 0.717) is 36.6 Å². The van der Waals surface area contributed by atoms with Gasteiger partial charge in [0.25, 0.3) is 6.47 Å². The van der Waals surface area contributed by atoms with Gasteiger partial charge in [-0.3, -0.25) is 4.79 Å². The van der Waals surface area contributed by atoms with Crippen molar-refractivity contribution in [1.29, 1.82) is 0 Å². The van der Waals surface area contributed by atoms with E-state index in [2.05, 4.69) is 4.74 Å². The van der Waals surface area contributed by atoms with Crippen LogP contribution in [0.2, 0.25) is 0 Å². The molecule has 1 aromatic carbocycles. The van der Waals surface area contributed by atoms with Gasteiger partial charge in [0, 0.05) is 20.7 Å². The summed E-state index contributed by atoms with van der Waals surface area (Å²) >= 11 is 0. The van der Waals surface area contributed by atoms with Gasteiger partial charge in [-0.25, -0.2) is 8.42 Å². The number of aryl methyl sites for hydroxylation is 2. The quantitative estimate of drug-likeness (QED) is 0.467. The lowest BCUT2D eigenvalue weighted by Crippen LogP contribution is -2.31. The molecule has 0 saturated carbocycles. The second kappa shape index (κ2) is 8.85. The van der Waals surface area contributed by atoms with Gasteiger partial charge in [0.1, 0.15) is 19.0 Å². The molecule has 8 heteroatoms. The van der Waals surface area contributed by atoms with Gasteiger partial charge in [-0.05, 0) is 37.1 Å². The topological polar surface area (TPSA) is 82.1 Å². The standard InChI is InChI=1S/C15H23NO6S/c1-12-9-14(22-8-7-20-4)10-13(2)15(12)23(18,19)16(3)5-6-21-11-17/h9-11H,5-8H2,1-4H3. The normalized spacial score (nSPS) is 11.5. The highest BCUT2D eigenvalue weighted by atomic mass is 32.2. The zero-order valence-corrected chi connectivity index (χ0v) is 14.7. The fraction of sp³-hybridized carbons (Fsp3) is 0.533. The number of ether oxygens (including phenoxy) is 3. The number of rotatable bonds is 10. The van der Waals surface area contributed by atoms with E-state index in [1.54, 1.807) is 33.1 Å². The largest absolute Gasteiger partial charge is 0.491 e. The van der Waals surface area contributed by atoms with Gasteiger partial charge >= 0.3 is 0 Å². The number of benzene rings is 1. The third-order valence-electron chi connectivity index (χ3n) is 3.25. The van der Waals surface area contributed by atoms with Crippen molar-refractivity contribution in [1.82, 2.24) is 4.31 Å². The van der Waals surface area contributed by atoms with E-state index in [0.717, 1.165) is 4.31 Å². The van der Waals surface area contributed by atoms with Crippen molar-refractivity contribution in [3.63, 3.8) is 0 Å². The SMILES string of the molecule is COCCOc1cc(C)c(S(=O)(=O)N(C)CCOC=O)c(C)c1. The van der Waals surface area contributed by atoms with Gasteiger partial charge in [0.05, 0.1) is 11.5 Å². The molecule has 0 atom stereocenters. The van der Waals surface area contributed by atoms with Crippen LogP contribution in [0, 0.1) is 13.8 Å². The molecule has 23 heavy (non-hydrogen) atoms. The Morgan fingerprint density at radius 2 is 1.74 bits per heavy atom. The fourth-order valence-electron chi connectivity index (χ4n) is 2.15. The summed E-state index contributed by atoms with van der Waals surface area (Å²) in [5, 5.41) is 0. The molecule has 0 bridgehead atoms. The molecule has 0 aromatic heterocycles. The zero-order chi connectivity index (χ0) is 17.5. The molecule has 0 spiro atoms. The molecule has 0 aliphatic rings. The number of hydrogen-bond acceptors (Lipinski definition) is 6. The van der Waals surface area contributed by atoms with E-state index in [9.17, 15) is 13.2 Å². The van der Waals surface area contributed by atoms with Crippen LogP contribution in [0.15, 0.2) is 17.0 Å². The fourth-order valence-corrected chi connectivity index (χ4v) is 3.71. The van der Waals surface area contributed by atoms with Crippen LogP contribution in [0.4, 0.5) is 0 Å². The Kier molecular flexibility index (Phi) is 7.47. The summed E-state index contributed by atoms with van der Waals surface area (Å²) in [6.45, 7) is 4.68. The lowest BCUT2D eigenvalue weighted by molar-refractivity contribution is -0.128. The van der Waals surface area contributed by atoms with Gasteiger partial charge in [-0.2, -0.15) is 4.31 Å². The summed E-state index contributed by atoms with van der Waals surface area (Å²) in [4.78, 5) is 10.4. The van der Waals surface area contributed by atoms with E-state index in [1.807, 2.05) is 0 Å². The first-order chi connectivity index (χ1) is 10.8. The van der Waals surface area contributed by atoms with Crippen molar-refractivity contribution < 1.29 is 27.4 Å². The molecule has 1 rings (SSSR count). The van der Waals surface area contributed by atoms with Crippen LogP contribution in [0.3, 0.4) is 0 Å². The minimum Gasteiger partial charge on any atom is -0.491 e. The van der Waals surface area contributed by atoms with Gasteiger partial charge in [0.2, 0.25) is 10.0 Å². The average Bonchev–Trinajstić information content (AvgIpc) is 2.46. The summed E-state index contributed by atoms with van der Waals surface area (Å²) in [5.74, 6) is 0.600. The summed E-state index contributed by atoms with van der Waals surface area (Å²) in [6, 6.07) is 3.37. The molecule has 0 aliphatic heterocycles. The van der Waals surface area contributed by atoms with Crippen LogP contribution in [0.25, 0.3) is 0 Å². The highest BCUT2D eigenvalue weighted by Crippen LogP contribution is 2.27. The Morgan fingerprint density at radius 1 is 1.13 bits per heavy atom. The molecule has 0 fully saturated rings. The van der Waals surface area contributed by atoms with Crippen LogP contribution in [0.1, 0.15) is 11.1 Å². The predicted octanol–water partition coefficient (Wildman–Crippen LogP) is 1.12. The molecule has 1 aromatic rings. The predicted molar refractivity (Wildman–Crippen MR) is 85.1 cm³/mol. The maximum atomic E-state index is 12.7. The Hall–Kier alpha value is -1.64. The number of nitrogens with zero attached hydrogens (tertiary/aromatic N) is 1. The first kappa shape index (κ1) is 19.4. The Morgan fingerprint density at radius 3 is 2.26 bits per heavy atom. The maximum Gasteiger partial charge on any atom is 0.293 e. The monoisotopic (exact) mass is 345 g/mol. The number of methoxy groups -OCH3 is 1. The van der Waals surface area contributed by atoms with Crippen LogP contribution in [-0.2, 0) is 24.3 Å². The third-order valence-corrected chi connectivity index (χ3v) is 5.41. The van der Waals surface area contributed by atoms with E-state index >= 15 is 0 Å². The van der Waals surface area contributed by atoms with Crippen LogP contribution >= 0.6 is 0 Å². The lowest BCUT2D eigenvalue weighted by atomic mass is 10.1. The third kappa shape index (κ3) is 5.19. The highest BCUT2D eigenvalue weighted by Gasteiger charge is 2.25. The van der Waals surface area contributed by atoms with E-state index in [-0.39, 0.29) is 18.0 Å². The highest BCUT2D eigenvalue weighted by molar-refractivity contribution is 7.89. The average molecular weight is 345 g/mol. The Balaban J connectivity index is 3.00. The molecule has 0 N–H and O–H groups in total. The number of likely N-dealkylation sites (N-methyl/N-ethyl adjacent to an activating group) is 1. The zero-order valence-electron chi connectivity index (χ0n) is 13.9. The van der Waals surface area contributed by atoms with Crippen LogP contribution in [-0.4, -0.2) is 59.7 Å². The summed E-state index contributed by atoms with van der Waals surface area (Å²) < 4.78 is 41.5. The smallest absolute Gasteiger partial charge is 0.293 e.